The molecule has 0 bridgehead atoms. The molecule has 3 aliphatic rings. The van der Waals surface area contributed by atoms with Crippen molar-refractivity contribution in [2.75, 3.05) is 26.7 Å². The first kappa shape index (κ1) is 24.9. The van der Waals surface area contributed by atoms with E-state index in [1.807, 2.05) is 18.2 Å². The van der Waals surface area contributed by atoms with Gasteiger partial charge in [-0.05, 0) is 80.0 Å². The quantitative estimate of drug-likeness (QED) is 0.530. The van der Waals surface area contributed by atoms with Gasteiger partial charge >= 0.3 is 0 Å². The number of amides is 1. The molecular weight excluding hydrogens is 483 g/mol. The lowest BCUT2D eigenvalue weighted by molar-refractivity contribution is -0.123. The van der Waals surface area contributed by atoms with Crippen LogP contribution in [0, 0.1) is 11.8 Å². The molecule has 1 amide bonds. The first-order valence-corrected chi connectivity index (χ1v) is 13.4. The third kappa shape index (κ3) is 5.48. The van der Waals surface area contributed by atoms with Gasteiger partial charge < -0.3 is 20.1 Å². The van der Waals surface area contributed by atoms with Crippen molar-refractivity contribution < 1.29 is 14.6 Å². The van der Waals surface area contributed by atoms with Crippen LogP contribution in [0.4, 0.5) is 0 Å². The Morgan fingerprint density at radius 3 is 2.74 bits per heavy atom. The van der Waals surface area contributed by atoms with E-state index in [4.69, 9.17) is 27.9 Å². The van der Waals surface area contributed by atoms with Crippen molar-refractivity contribution in [2.24, 2.45) is 11.8 Å². The molecular formula is C28H34Cl2N2O3. The molecule has 5 nitrogen and oxygen atoms in total. The van der Waals surface area contributed by atoms with Gasteiger partial charge in [-0.2, -0.15) is 0 Å². The van der Waals surface area contributed by atoms with E-state index in [9.17, 15) is 9.90 Å². The van der Waals surface area contributed by atoms with Gasteiger partial charge in [0.1, 0.15) is 5.75 Å². The predicted molar refractivity (Wildman–Crippen MR) is 139 cm³/mol. The molecule has 5 rings (SSSR count). The molecule has 0 spiro atoms. The van der Waals surface area contributed by atoms with Crippen LogP contribution in [0.15, 0.2) is 42.5 Å². The number of aromatic hydroxyl groups is 1. The largest absolute Gasteiger partial charge is 0.508 e. The summed E-state index contributed by atoms with van der Waals surface area (Å²) in [5.74, 6) is 1.42. The van der Waals surface area contributed by atoms with Crippen molar-refractivity contribution >= 4 is 29.1 Å². The number of ether oxygens (including phenoxy) is 1. The normalized spacial score (nSPS) is 28.9. The minimum atomic E-state index is -0.154. The zero-order valence-electron chi connectivity index (χ0n) is 20.2. The summed E-state index contributed by atoms with van der Waals surface area (Å²) in [7, 11) is 1.79. The van der Waals surface area contributed by atoms with Crippen molar-refractivity contribution in [3.63, 3.8) is 0 Å². The first-order valence-electron chi connectivity index (χ1n) is 12.6. The number of piperidine rings is 1. The number of halogens is 2. The number of hydrogen-bond acceptors (Lipinski definition) is 4. The molecule has 1 saturated heterocycles. The van der Waals surface area contributed by atoms with Gasteiger partial charge in [0, 0.05) is 37.6 Å². The van der Waals surface area contributed by atoms with Crippen LogP contribution in [0.25, 0.3) is 0 Å². The number of hydrogen-bond donors (Lipinski definition) is 2. The minimum Gasteiger partial charge on any atom is -0.508 e. The Bertz CT molecular complexity index is 1080. The number of carbonyl (C=O) groups excluding carboxylic acids is 1. The smallest absolute Gasteiger partial charge is 0.224 e. The average molecular weight is 517 g/mol. The molecule has 1 aliphatic heterocycles. The van der Waals surface area contributed by atoms with E-state index in [2.05, 4.69) is 16.3 Å². The molecule has 7 heteroatoms. The molecule has 0 radical (unpaired) electrons. The fourth-order valence-corrected chi connectivity index (χ4v) is 6.71. The maximum atomic E-state index is 13.0. The molecule has 2 aromatic carbocycles. The van der Waals surface area contributed by atoms with Crippen molar-refractivity contribution in [2.45, 2.75) is 56.1 Å². The monoisotopic (exact) mass is 516 g/mol. The maximum Gasteiger partial charge on any atom is 0.224 e. The molecule has 2 saturated carbocycles. The van der Waals surface area contributed by atoms with Gasteiger partial charge in [0.25, 0.3) is 0 Å². The lowest BCUT2D eigenvalue weighted by Crippen LogP contribution is -2.61. The average Bonchev–Trinajstić information content (AvgIpc) is 3.65. The molecule has 2 aliphatic carbocycles. The Kier molecular flexibility index (Phi) is 7.32. The van der Waals surface area contributed by atoms with Crippen molar-refractivity contribution in [3.05, 3.63) is 63.6 Å². The third-order valence-corrected chi connectivity index (χ3v) is 9.01. The Hall–Kier alpha value is -1.79. The van der Waals surface area contributed by atoms with Gasteiger partial charge in [-0.3, -0.25) is 4.79 Å². The fourth-order valence-electron chi connectivity index (χ4n) is 6.39. The number of methoxy groups -OCH3 is 1. The van der Waals surface area contributed by atoms with Crippen LogP contribution in [0.3, 0.4) is 0 Å². The lowest BCUT2D eigenvalue weighted by Gasteiger charge is -2.55. The number of benzene rings is 2. The fraction of sp³-hybridized carbons (Fsp3) is 0.536. The van der Waals surface area contributed by atoms with E-state index >= 15 is 0 Å². The number of carbonyl (C=O) groups is 1. The summed E-state index contributed by atoms with van der Waals surface area (Å²) >= 11 is 12.2. The molecule has 35 heavy (non-hydrogen) atoms. The van der Waals surface area contributed by atoms with Crippen LogP contribution in [-0.2, 0) is 21.4 Å². The number of rotatable bonds is 7. The SMILES string of the molecule is COC1C[C@H](NC(=O)Cc2ccc(Cl)c(Cl)c2)CC2(c3cccc(O)c3)CCN(CC3CC3)CC12. The second-order valence-corrected chi connectivity index (χ2v) is 11.5. The summed E-state index contributed by atoms with van der Waals surface area (Å²) in [6.07, 6.45) is 5.59. The highest BCUT2D eigenvalue weighted by Crippen LogP contribution is 2.51. The minimum absolute atomic E-state index is 0.0104. The second kappa shape index (κ2) is 10.3. The van der Waals surface area contributed by atoms with E-state index in [1.165, 1.54) is 19.4 Å². The third-order valence-electron chi connectivity index (χ3n) is 8.27. The summed E-state index contributed by atoms with van der Waals surface area (Å²) < 4.78 is 6.09. The Morgan fingerprint density at radius 1 is 1.20 bits per heavy atom. The van der Waals surface area contributed by atoms with Crippen LogP contribution >= 0.6 is 23.2 Å². The standard InChI is InChI=1S/C28H34Cl2N2O3/c1-35-26-14-21(31-27(34)12-19-7-8-24(29)25(30)11-19)15-28(20-3-2-4-22(33)13-20)9-10-32(17-23(26)28)16-18-5-6-18/h2-4,7-8,11,13,18,21,23,26,33H,5-6,9-10,12,14-17H2,1H3,(H,31,34)/t21-,23?,26?,28?/m0/s1. The maximum absolute atomic E-state index is 13.0. The van der Waals surface area contributed by atoms with Crippen molar-refractivity contribution in [3.8, 4) is 5.75 Å². The second-order valence-electron chi connectivity index (χ2n) is 10.7. The van der Waals surface area contributed by atoms with Crippen LogP contribution in [0.2, 0.25) is 10.0 Å². The molecule has 1 heterocycles. The number of phenols is 1. The highest BCUT2D eigenvalue weighted by atomic mass is 35.5. The van der Waals surface area contributed by atoms with Gasteiger partial charge in [-0.1, -0.05) is 41.4 Å². The molecule has 3 unspecified atom stereocenters. The summed E-state index contributed by atoms with van der Waals surface area (Å²) in [4.78, 5) is 15.6. The number of nitrogens with one attached hydrogen (secondary N) is 1. The lowest BCUT2D eigenvalue weighted by atomic mass is 9.57. The highest BCUT2D eigenvalue weighted by molar-refractivity contribution is 6.42. The molecule has 188 valence electrons. The van der Waals surface area contributed by atoms with Crippen LogP contribution in [0.1, 0.15) is 43.2 Å². The van der Waals surface area contributed by atoms with E-state index in [0.717, 1.165) is 49.4 Å². The zero-order chi connectivity index (χ0) is 24.6. The van der Waals surface area contributed by atoms with Crippen LogP contribution in [-0.4, -0.2) is 54.8 Å². The molecule has 2 aromatic rings. The summed E-state index contributed by atoms with van der Waals surface area (Å²) in [6, 6.07) is 13.0. The van der Waals surface area contributed by atoms with Gasteiger partial charge in [0.05, 0.1) is 22.6 Å². The Balaban J connectivity index is 1.37. The number of fused-ring (bicyclic) bond motifs is 1. The molecule has 3 fully saturated rings. The van der Waals surface area contributed by atoms with Crippen LogP contribution < -0.4 is 5.32 Å². The number of phenolic OH excluding ortho intramolecular Hbond substituents is 1. The van der Waals surface area contributed by atoms with E-state index in [-0.39, 0.29) is 35.6 Å². The van der Waals surface area contributed by atoms with Gasteiger partial charge in [0.15, 0.2) is 0 Å². The molecule has 2 N–H and O–H groups in total. The van der Waals surface area contributed by atoms with E-state index in [0.29, 0.717) is 16.0 Å². The Labute approximate surface area is 217 Å². The van der Waals surface area contributed by atoms with Crippen molar-refractivity contribution in [1.29, 1.82) is 0 Å². The summed E-state index contributed by atoms with van der Waals surface area (Å²) in [5, 5.41) is 14.5. The summed E-state index contributed by atoms with van der Waals surface area (Å²) in [5.41, 5.74) is 1.84. The van der Waals surface area contributed by atoms with Crippen LogP contribution in [0.5, 0.6) is 5.75 Å². The highest BCUT2D eigenvalue weighted by Gasteiger charge is 2.53. The van der Waals surface area contributed by atoms with Gasteiger partial charge in [0.2, 0.25) is 5.91 Å². The first-order chi connectivity index (χ1) is 16.9. The predicted octanol–water partition coefficient (Wildman–Crippen LogP) is 5.21. The van der Waals surface area contributed by atoms with Gasteiger partial charge in [-0.15, -0.1) is 0 Å². The van der Waals surface area contributed by atoms with E-state index < -0.39 is 0 Å². The number of likely N-dealkylation sites (tertiary alicyclic amines) is 1. The molecule has 4 atom stereocenters. The topological polar surface area (TPSA) is 61.8 Å². The summed E-state index contributed by atoms with van der Waals surface area (Å²) in [6.45, 7) is 3.20. The van der Waals surface area contributed by atoms with Gasteiger partial charge in [-0.25, -0.2) is 0 Å². The molecule has 0 aromatic heterocycles. The van der Waals surface area contributed by atoms with Crippen molar-refractivity contribution in [1.82, 2.24) is 10.2 Å². The Morgan fingerprint density at radius 2 is 2.03 bits per heavy atom. The number of nitrogens with zero attached hydrogens (tertiary/aromatic N) is 1. The zero-order valence-corrected chi connectivity index (χ0v) is 21.7. The van der Waals surface area contributed by atoms with E-state index in [1.54, 1.807) is 25.3 Å².